The van der Waals surface area contributed by atoms with Gasteiger partial charge in [-0.3, -0.25) is 10.1 Å². The summed E-state index contributed by atoms with van der Waals surface area (Å²) in [6.45, 7) is 2.05. The van der Waals surface area contributed by atoms with Crippen LogP contribution in [0.3, 0.4) is 0 Å². The van der Waals surface area contributed by atoms with Crippen molar-refractivity contribution in [3.8, 4) is 5.75 Å². The van der Waals surface area contributed by atoms with Gasteiger partial charge in [0, 0.05) is 6.07 Å². The zero-order chi connectivity index (χ0) is 11.5. The van der Waals surface area contributed by atoms with E-state index in [-0.39, 0.29) is 5.69 Å². The van der Waals surface area contributed by atoms with Crippen LogP contribution in [-0.2, 0) is 6.42 Å². The molecule has 0 spiro atoms. The van der Waals surface area contributed by atoms with Crippen molar-refractivity contribution < 1.29 is 9.66 Å². The number of nitrogens with one attached hydrogen (secondary N) is 1. The molecule has 0 radical (unpaired) electrons. The molecule has 0 aliphatic carbocycles. The number of benzene rings is 1. The standard InChI is InChI=1S/C11H14N2O3/c1-16-11-5-8(4-9-6-12-7-9)2-3-10(11)13(14)15/h2-3,5,9,12H,4,6-7H2,1H3. The van der Waals surface area contributed by atoms with Gasteiger partial charge in [0.05, 0.1) is 12.0 Å². The van der Waals surface area contributed by atoms with E-state index >= 15 is 0 Å². The third-order valence-electron chi connectivity index (χ3n) is 2.83. The summed E-state index contributed by atoms with van der Waals surface area (Å²) in [6, 6.07) is 5.08. The molecule has 1 heterocycles. The maximum Gasteiger partial charge on any atom is 0.310 e. The molecule has 1 aliphatic rings. The van der Waals surface area contributed by atoms with Crippen molar-refractivity contribution in [3.05, 3.63) is 33.9 Å². The summed E-state index contributed by atoms with van der Waals surface area (Å²) < 4.78 is 5.02. The number of nitro benzene ring substituents is 1. The Morgan fingerprint density at radius 3 is 2.81 bits per heavy atom. The van der Waals surface area contributed by atoms with Crippen LogP contribution in [0.5, 0.6) is 5.75 Å². The van der Waals surface area contributed by atoms with Gasteiger partial charge >= 0.3 is 5.69 Å². The molecule has 1 fully saturated rings. The topological polar surface area (TPSA) is 64.4 Å². The van der Waals surface area contributed by atoms with Crippen molar-refractivity contribution in [1.82, 2.24) is 5.32 Å². The van der Waals surface area contributed by atoms with Gasteiger partial charge in [0.2, 0.25) is 0 Å². The Kier molecular flexibility index (Phi) is 3.05. The molecule has 86 valence electrons. The second kappa shape index (κ2) is 4.49. The molecule has 1 N–H and O–H groups in total. The van der Waals surface area contributed by atoms with E-state index in [0.29, 0.717) is 11.7 Å². The van der Waals surface area contributed by atoms with Gasteiger partial charge in [-0.25, -0.2) is 0 Å². The zero-order valence-corrected chi connectivity index (χ0v) is 9.10. The average molecular weight is 222 g/mol. The SMILES string of the molecule is COc1cc(CC2CNC2)ccc1[N+](=O)[O-]. The Balaban J connectivity index is 2.18. The molecule has 5 nitrogen and oxygen atoms in total. The molecular weight excluding hydrogens is 208 g/mol. The van der Waals surface area contributed by atoms with Crippen LogP contribution < -0.4 is 10.1 Å². The van der Waals surface area contributed by atoms with Crippen molar-refractivity contribution in [2.45, 2.75) is 6.42 Å². The largest absolute Gasteiger partial charge is 0.490 e. The van der Waals surface area contributed by atoms with Crippen LogP contribution in [0.15, 0.2) is 18.2 Å². The first-order chi connectivity index (χ1) is 7.70. The summed E-state index contributed by atoms with van der Waals surface area (Å²) in [6.07, 6.45) is 0.946. The summed E-state index contributed by atoms with van der Waals surface area (Å²) >= 11 is 0. The van der Waals surface area contributed by atoms with Crippen molar-refractivity contribution in [2.24, 2.45) is 5.92 Å². The van der Waals surface area contributed by atoms with Crippen LogP contribution in [0.4, 0.5) is 5.69 Å². The van der Waals surface area contributed by atoms with Crippen LogP contribution in [0.2, 0.25) is 0 Å². The average Bonchev–Trinajstić information content (AvgIpc) is 2.23. The van der Waals surface area contributed by atoms with Crippen LogP contribution in [0, 0.1) is 16.0 Å². The van der Waals surface area contributed by atoms with E-state index in [2.05, 4.69) is 5.32 Å². The normalized spacial score (nSPS) is 15.6. The van der Waals surface area contributed by atoms with Crippen LogP contribution >= 0.6 is 0 Å². The van der Waals surface area contributed by atoms with Gasteiger partial charge in [0.25, 0.3) is 0 Å². The highest BCUT2D eigenvalue weighted by Crippen LogP contribution is 2.28. The molecule has 1 aliphatic heterocycles. The number of nitro groups is 1. The number of nitrogens with zero attached hydrogens (tertiary/aromatic N) is 1. The third kappa shape index (κ3) is 2.14. The molecule has 0 saturated carbocycles. The highest BCUT2D eigenvalue weighted by Gasteiger charge is 2.19. The van der Waals surface area contributed by atoms with E-state index < -0.39 is 4.92 Å². The first-order valence-electron chi connectivity index (χ1n) is 5.22. The fraction of sp³-hybridized carbons (Fsp3) is 0.455. The maximum atomic E-state index is 10.7. The fourth-order valence-corrected chi connectivity index (χ4v) is 1.83. The van der Waals surface area contributed by atoms with E-state index in [0.717, 1.165) is 25.1 Å². The van der Waals surface area contributed by atoms with Gasteiger partial charge in [-0.05, 0) is 37.1 Å². The number of hydrogen-bond acceptors (Lipinski definition) is 4. The van der Waals surface area contributed by atoms with Crippen molar-refractivity contribution in [2.75, 3.05) is 20.2 Å². The molecular formula is C11H14N2O3. The predicted octanol–water partition coefficient (Wildman–Crippen LogP) is 1.37. The summed E-state index contributed by atoms with van der Waals surface area (Å²) in [5.74, 6) is 0.987. The Bertz CT molecular complexity index is 402. The van der Waals surface area contributed by atoms with Crippen LogP contribution in [0.1, 0.15) is 5.56 Å². The highest BCUT2D eigenvalue weighted by molar-refractivity contribution is 5.48. The van der Waals surface area contributed by atoms with Crippen LogP contribution in [0.25, 0.3) is 0 Å². The first kappa shape index (κ1) is 10.9. The summed E-state index contributed by atoms with van der Waals surface area (Å²) in [7, 11) is 1.46. The van der Waals surface area contributed by atoms with E-state index in [9.17, 15) is 10.1 Å². The minimum Gasteiger partial charge on any atom is -0.490 e. The molecule has 0 aromatic heterocycles. The van der Waals surface area contributed by atoms with Gasteiger partial charge in [0.1, 0.15) is 0 Å². The van der Waals surface area contributed by atoms with E-state index in [4.69, 9.17) is 4.74 Å². The molecule has 5 heteroatoms. The second-order valence-electron chi connectivity index (χ2n) is 3.99. The molecule has 0 atom stereocenters. The van der Waals surface area contributed by atoms with Crippen LogP contribution in [-0.4, -0.2) is 25.1 Å². The number of methoxy groups -OCH3 is 1. The molecule has 1 aromatic carbocycles. The molecule has 0 amide bonds. The van der Waals surface area contributed by atoms with Crippen molar-refractivity contribution >= 4 is 5.69 Å². The number of rotatable bonds is 4. The van der Waals surface area contributed by atoms with Crippen molar-refractivity contribution in [3.63, 3.8) is 0 Å². The molecule has 0 bridgehead atoms. The molecule has 0 unspecified atom stereocenters. The monoisotopic (exact) mass is 222 g/mol. The van der Waals surface area contributed by atoms with Crippen molar-refractivity contribution in [1.29, 1.82) is 0 Å². The molecule has 16 heavy (non-hydrogen) atoms. The Morgan fingerprint density at radius 2 is 2.31 bits per heavy atom. The lowest BCUT2D eigenvalue weighted by Crippen LogP contribution is -2.43. The van der Waals surface area contributed by atoms with Gasteiger partial charge in [-0.2, -0.15) is 0 Å². The Labute approximate surface area is 93.6 Å². The van der Waals surface area contributed by atoms with E-state index in [1.807, 2.05) is 0 Å². The van der Waals surface area contributed by atoms with E-state index in [1.165, 1.54) is 13.2 Å². The minimum atomic E-state index is -0.423. The van der Waals surface area contributed by atoms with E-state index in [1.54, 1.807) is 12.1 Å². The highest BCUT2D eigenvalue weighted by atomic mass is 16.6. The summed E-state index contributed by atoms with van der Waals surface area (Å²) in [5, 5.41) is 13.9. The van der Waals surface area contributed by atoms with Gasteiger partial charge in [-0.15, -0.1) is 0 Å². The Morgan fingerprint density at radius 1 is 1.56 bits per heavy atom. The number of ether oxygens (including phenoxy) is 1. The Hall–Kier alpha value is -1.62. The lowest BCUT2D eigenvalue weighted by Gasteiger charge is -2.27. The molecule has 1 aromatic rings. The predicted molar refractivity (Wildman–Crippen MR) is 59.7 cm³/mol. The zero-order valence-electron chi connectivity index (χ0n) is 9.10. The number of hydrogen-bond donors (Lipinski definition) is 1. The minimum absolute atomic E-state index is 0.0259. The smallest absolute Gasteiger partial charge is 0.310 e. The van der Waals surface area contributed by atoms with Gasteiger partial charge < -0.3 is 10.1 Å². The first-order valence-corrected chi connectivity index (χ1v) is 5.22. The molecule has 2 rings (SSSR count). The fourth-order valence-electron chi connectivity index (χ4n) is 1.83. The lowest BCUT2D eigenvalue weighted by molar-refractivity contribution is -0.385. The third-order valence-corrected chi connectivity index (χ3v) is 2.83. The molecule has 1 saturated heterocycles. The lowest BCUT2D eigenvalue weighted by atomic mass is 9.94. The summed E-state index contributed by atoms with van der Waals surface area (Å²) in [4.78, 5) is 10.3. The van der Waals surface area contributed by atoms with Gasteiger partial charge in [-0.1, -0.05) is 6.07 Å². The second-order valence-corrected chi connectivity index (χ2v) is 3.99. The quantitative estimate of drug-likeness (QED) is 0.617. The van der Waals surface area contributed by atoms with Gasteiger partial charge in [0.15, 0.2) is 5.75 Å². The summed E-state index contributed by atoms with van der Waals surface area (Å²) in [5.41, 5.74) is 1.12. The maximum absolute atomic E-state index is 10.7.